The van der Waals surface area contributed by atoms with Crippen LogP contribution in [-0.2, 0) is 4.79 Å². The van der Waals surface area contributed by atoms with Crippen molar-refractivity contribution in [3.05, 3.63) is 52.6 Å². The molecule has 0 radical (unpaired) electrons. The van der Waals surface area contributed by atoms with Crippen LogP contribution >= 0.6 is 0 Å². The van der Waals surface area contributed by atoms with Gasteiger partial charge < -0.3 is 10.2 Å². The average molecular weight is 258 g/mol. The number of fused-ring (bicyclic) bond motifs is 1. The van der Waals surface area contributed by atoms with Crippen LogP contribution in [0.3, 0.4) is 0 Å². The van der Waals surface area contributed by atoms with Gasteiger partial charge in [-0.1, -0.05) is 35.9 Å². The molecule has 0 spiro atoms. The second kappa shape index (κ2) is 5.20. The van der Waals surface area contributed by atoms with E-state index in [4.69, 9.17) is 5.11 Å². The second-order valence-corrected chi connectivity index (χ2v) is 4.44. The Bertz CT molecular complexity index is 608. The lowest BCUT2D eigenvalue weighted by atomic mass is 9.87. The molecule has 0 atom stereocenters. The first-order valence-corrected chi connectivity index (χ1v) is 5.93. The first-order chi connectivity index (χ1) is 9.06. The predicted molar refractivity (Wildman–Crippen MR) is 70.8 cm³/mol. The van der Waals surface area contributed by atoms with Crippen molar-refractivity contribution >= 4 is 17.3 Å². The lowest BCUT2D eigenvalue weighted by Crippen LogP contribution is -2.23. The van der Waals surface area contributed by atoms with Gasteiger partial charge in [0.1, 0.15) is 5.76 Å². The highest BCUT2D eigenvalue weighted by Crippen LogP contribution is 2.29. The molecule has 2 N–H and O–H groups in total. The fraction of sp³-hybridized carbons (Fsp3) is 0.200. The topological polar surface area (TPSA) is 74.6 Å². The normalized spacial score (nSPS) is 15.8. The maximum atomic E-state index is 11.9. The van der Waals surface area contributed by atoms with E-state index in [1.165, 1.54) is 6.07 Å². The number of ketones is 2. The molecule has 0 saturated heterocycles. The van der Waals surface area contributed by atoms with Gasteiger partial charge in [-0.3, -0.25) is 9.59 Å². The molecule has 0 fully saturated rings. The summed E-state index contributed by atoms with van der Waals surface area (Å²) in [6.45, 7) is 1.59. The van der Waals surface area contributed by atoms with Crippen LogP contribution in [-0.4, -0.2) is 28.4 Å². The van der Waals surface area contributed by atoms with Gasteiger partial charge >= 0.3 is 0 Å². The summed E-state index contributed by atoms with van der Waals surface area (Å²) in [5.74, 6) is -1.43. The molecule has 0 amide bonds. The van der Waals surface area contributed by atoms with E-state index in [1.54, 1.807) is 31.2 Å². The zero-order chi connectivity index (χ0) is 14.0. The highest BCUT2D eigenvalue weighted by atomic mass is 16.3. The number of carbonyl (C=O) groups excluding carboxylic acids is 2. The summed E-state index contributed by atoms with van der Waals surface area (Å²) in [5, 5.41) is 19.0. The Labute approximate surface area is 110 Å². The number of rotatable bonds is 3. The monoisotopic (exact) mass is 258 g/mol. The van der Waals surface area contributed by atoms with Crippen molar-refractivity contribution in [1.82, 2.24) is 0 Å². The maximum Gasteiger partial charge on any atom is 0.234 e. The first-order valence-electron chi connectivity index (χ1n) is 5.93. The Morgan fingerprint density at radius 2 is 1.79 bits per heavy atom. The predicted octanol–water partition coefficient (Wildman–Crippen LogP) is 2.05. The van der Waals surface area contributed by atoms with Crippen LogP contribution in [0.5, 0.6) is 0 Å². The molecule has 1 aliphatic rings. The molecule has 1 aliphatic carbocycles. The number of aliphatic hydroxyl groups is 2. The Balaban J connectivity index is 2.48. The van der Waals surface area contributed by atoms with E-state index in [-0.39, 0.29) is 29.9 Å². The molecule has 0 aliphatic heterocycles. The second-order valence-electron chi connectivity index (χ2n) is 4.44. The van der Waals surface area contributed by atoms with Gasteiger partial charge in [0, 0.05) is 16.7 Å². The van der Waals surface area contributed by atoms with Crippen molar-refractivity contribution in [2.45, 2.75) is 13.3 Å². The first kappa shape index (κ1) is 13.2. The van der Waals surface area contributed by atoms with E-state index in [1.807, 2.05) is 0 Å². The fourth-order valence-corrected chi connectivity index (χ4v) is 1.95. The molecule has 2 rings (SSSR count). The summed E-state index contributed by atoms with van der Waals surface area (Å²) < 4.78 is 0. The molecule has 0 saturated carbocycles. The van der Waals surface area contributed by atoms with Crippen LogP contribution in [0.1, 0.15) is 29.3 Å². The smallest absolute Gasteiger partial charge is 0.234 e. The zero-order valence-corrected chi connectivity index (χ0v) is 10.5. The summed E-state index contributed by atoms with van der Waals surface area (Å²) in [7, 11) is 0. The van der Waals surface area contributed by atoms with Crippen LogP contribution in [0.4, 0.5) is 0 Å². The summed E-state index contributed by atoms with van der Waals surface area (Å²) in [4.78, 5) is 23.9. The molecule has 4 heteroatoms. The third-order valence-electron chi connectivity index (χ3n) is 3.10. The lowest BCUT2D eigenvalue weighted by molar-refractivity contribution is -0.112. The van der Waals surface area contributed by atoms with Crippen molar-refractivity contribution in [2.24, 2.45) is 0 Å². The number of benzene rings is 1. The van der Waals surface area contributed by atoms with Crippen molar-refractivity contribution in [3.8, 4) is 0 Å². The van der Waals surface area contributed by atoms with Gasteiger partial charge in [-0.15, -0.1) is 0 Å². The molecule has 0 unspecified atom stereocenters. The van der Waals surface area contributed by atoms with Gasteiger partial charge in [-0.05, 0) is 13.3 Å². The van der Waals surface area contributed by atoms with Gasteiger partial charge in [0.05, 0.1) is 6.61 Å². The van der Waals surface area contributed by atoms with E-state index >= 15 is 0 Å². The lowest BCUT2D eigenvalue weighted by Gasteiger charge is -2.16. The number of aliphatic hydroxyl groups excluding tert-OH is 2. The summed E-state index contributed by atoms with van der Waals surface area (Å²) >= 11 is 0. The number of hydrogen-bond donors (Lipinski definition) is 2. The number of Topliss-reactive ketones (excluding diaryl/α,β-unsaturated/α-hetero) is 2. The molecule has 0 aromatic heterocycles. The molecule has 1 aromatic carbocycles. The summed E-state index contributed by atoms with van der Waals surface area (Å²) in [6.07, 6.45) is 1.77. The SMILES string of the molecule is C/C(=C/CC1=C(O)c2ccccc2C(=O)C1=O)CO. The van der Waals surface area contributed by atoms with Crippen molar-refractivity contribution in [2.75, 3.05) is 6.61 Å². The molecule has 19 heavy (non-hydrogen) atoms. The highest BCUT2D eigenvalue weighted by molar-refractivity contribution is 6.52. The minimum Gasteiger partial charge on any atom is -0.507 e. The Morgan fingerprint density at radius 1 is 1.16 bits per heavy atom. The van der Waals surface area contributed by atoms with Gasteiger partial charge in [-0.2, -0.15) is 0 Å². The molecule has 4 nitrogen and oxygen atoms in total. The van der Waals surface area contributed by atoms with Crippen molar-refractivity contribution < 1.29 is 19.8 Å². The summed E-state index contributed by atoms with van der Waals surface area (Å²) in [5.41, 5.74) is 1.38. The third kappa shape index (κ3) is 2.35. The Kier molecular flexibility index (Phi) is 3.62. The molecular weight excluding hydrogens is 244 g/mol. The van der Waals surface area contributed by atoms with Gasteiger partial charge in [0.15, 0.2) is 0 Å². The van der Waals surface area contributed by atoms with Crippen molar-refractivity contribution in [3.63, 3.8) is 0 Å². The molecule has 98 valence electrons. The summed E-state index contributed by atoms with van der Waals surface area (Å²) in [6, 6.07) is 6.48. The maximum absolute atomic E-state index is 11.9. The molecular formula is C15H14O4. The Morgan fingerprint density at radius 3 is 2.42 bits per heavy atom. The van der Waals surface area contributed by atoms with Crippen LogP contribution in [0.25, 0.3) is 5.76 Å². The molecule has 1 aromatic rings. The van der Waals surface area contributed by atoms with Crippen molar-refractivity contribution in [1.29, 1.82) is 0 Å². The number of hydrogen-bond acceptors (Lipinski definition) is 4. The molecule has 0 heterocycles. The average Bonchev–Trinajstić information content (AvgIpc) is 2.44. The van der Waals surface area contributed by atoms with Crippen LogP contribution in [0.2, 0.25) is 0 Å². The van der Waals surface area contributed by atoms with Crippen LogP contribution in [0.15, 0.2) is 41.5 Å². The Hall–Kier alpha value is -2.20. The fourth-order valence-electron chi connectivity index (χ4n) is 1.95. The van der Waals surface area contributed by atoms with Gasteiger partial charge in [-0.25, -0.2) is 0 Å². The number of allylic oxidation sites excluding steroid dienone is 2. The largest absolute Gasteiger partial charge is 0.507 e. The minimum absolute atomic E-state index is 0.0801. The quantitative estimate of drug-likeness (QED) is 0.642. The third-order valence-corrected chi connectivity index (χ3v) is 3.10. The van der Waals surface area contributed by atoms with Crippen LogP contribution < -0.4 is 0 Å². The minimum atomic E-state index is -0.682. The van der Waals surface area contributed by atoms with E-state index < -0.39 is 11.6 Å². The van der Waals surface area contributed by atoms with E-state index in [0.717, 1.165) is 0 Å². The van der Waals surface area contributed by atoms with E-state index in [9.17, 15) is 14.7 Å². The molecule has 0 bridgehead atoms. The van der Waals surface area contributed by atoms with E-state index in [0.29, 0.717) is 11.1 Å². The van der Waals surface area contributed by atoms with Gasteiger partial charge in [0.25, 0.3) is 0 Å². The highest BCUT2D eigenvalue weighted by Gasteiger charge is 2.31. The standard InChI is InChI=1S/C15H14O4/c1-9(8-16)6-7-12-13(17)10-4-2-3-5-11(10)14(18)15(12)19/h2-6,16-17H,7-8H2,1H3/b9-6-. The van der Waals surface area contributed by atoms with E-state index in [2.05, 4.69) is 0 Å². The van der Waals surface area contributed by atoms with Gasteiger partial charge in [0.2, 0.25) is 11.6 Å². The zero-order valence-electron chi connectivity index (χ0n) is 10.5. The number of carbonyl (C=O) groups is 2. The van der Waals surface area contributed by atoms with Crippen LogP contribution in [0, 0.1) is 0 Å².